The highest BCUT2D eigenvalue weighted by Crippen LogP contribution is 2.36. The summed E-state index contributed by atoms with van der Waals surface area (Å²) in [7, 11) is 1.52. The first-order valence-corrected chi connectivity index (χ1v) is 6.96. The molecule has 1 aromatic carbocycles. The lowest BCUT2D eigenvalue weighted by Crippen LogP contribution is -2.18. The average molecular weight is 287 g/mol. The largest absolute Gasteiger partial charge is 0.494 e. The van der Waals surface area contributed by atoms with Crippen LogP contribution in [0.25, 0.3) is 0 Å². The second-order valence-corrected chi connectivity index (χ2v) is 5.51. The SMILES string of the molecule is COc1c(Cl)cc(Cl)cc1C(=O)C1CCCCC1. The van der Waals surface area contributed by atoms with Gasteiger partial charge in [-0.3, -0.25) is 4.79 Å². The number of hydrogen-bond acceptors (Lipinski definition) is 2. The van der Waals surface area contributed by atoms with Gasteiger partial charge in [0, 0.05) is 10.9 Å². The van der Waals surface area contributed by atoms with E-state index in [-0.39, 0.29) is 11.7 Å². The van der Waals surface area contributed by atoms with Crippen molar-refractivity contribution in [2.24, 2.45) is 5.92 Å². The minimum absolute atomic E-state index is 0.0854. The molecule has 4 heteroatoms. The number of rotatable bonds is 3. The summed E-state index contributed by atoms with van der Waals surface area (Å²) in [5.41, 5.74) is 0.516. The highest BCUT2D eigenvalue weighted by Gasteiger charge is 2.26. The highest BCUT2D eigenvalue weighted by atomic mass is 35.5. The summed E-state index contributed by atoms with van der Waals surface area (Å²) in [5.74, 6) is 0.634. The minimum Gasteiger partial charge on any atom is -0.494 e. The first kappa shape index (κ1) is 13.7. The van der Waals surface area contributed by atoms with Crippen molar-refractivity contribution in [3.8, 4) is 5.75 Å². The van der Waals surface area contributed by atoms with Crippen LogP contribution >= 0.6 is 23.2 Å². The zero-order valence-corrected chi connectivity index (χ0v) is 11.9. The van der Waals surface area contributed by atoms with Crippen LogP contribution in [0, 0.1) is 5.92 Å². The van der Waals surface area contributed by atoms with Crippen LogP contribution in [0.2, 0.25) is 10.0 Å². The standard InChI is InChI=1S/C14H16Cl2O2/c1-18-14-11(7-10(15)8-12(14)16)13(17)9-5-3-2-4-6-9/h7-9H,2-6H2,1H3. The van der Waals surface area contributed by atoms with E-state index in [9.17, 15) is 4.79 Å². The van der Waals surface area contributed by atoms with Gasteiger partial charge in [-0.1, -0.05) is 42.5 Å². The summed E-state index contributed by atoms with van der Waals surface area (Å²) in [5, 5.41) is 0.865. The number of methoxy groups -OCH3 is 1. The summed E-state index contributed by atoms with van der Waals surface area (Å²) in [6, 6.07) is 3.25. The Morgan fingerprint density at radius 1 is 1.22 bits per heavy atom. The number of carbonyl (C=O) groups excluding carboxylic acids is 1. The van der Waals surface area contributed by atoms with Gasteiger partial charge in [-0.25, -0.2) is 0 Å². The third-order valence-electron chi connectivity index (χ3n) is 3.45. The molecule has 0 unspecified atom stereocenters. The molecule has 0 atom stereocenters. The fraction of sp³-hybridized carbons (Fsp3) is 0.500. The molecular formula is C14H16Cl2O2. The second-order valence-electron chi connectivity index (χ2n) is 4.67. The van der Waals surface area contributed by atoms with Gasteiger partial charge >= 0.3 is 0 Å². The molecule has 0 radical (unpaired) electrons. The number of hydrogen-bond donors (Lipinski definition) is 0. The van der Waals surface area contributed by atoms with Crippen molar-refractivity contribution < 1.29 is 9.53 Å². The summed E-state index contributed by atoms with van der Waals surface area (Å²) in [6.45, 7) is 0. The fourth-order valence-corrected chi connectivity index (χ4v) is 3.11. The predicted octanol–water partition coefficient (Wildman–Crippen LogP) is 4.77. The van der Waals surface area contributed by atoms with Crippen molar-refractivity contribution in [3.63, 3.8) is 0 Å². The van der Waals surface area contributed by atoms with E-state index >= 15 is 0 Å². The molecule has 98 valence electrons. The van der Waals surface area contributed by atoms with Gasteiger partial charge in [0.1, 0.15) is 5.75 Å². The molecule has 0 aliphatic heterocycles. The third-order valence-corrected chi connectivity index (χ3v) is 3.95. The van der Waals surface area contributed by atoms with E-state index in [1.807, 2.05) is 0 Å². The fourth-order valence-electron chi connectivity index (χ4n) is 2.54. The molecule has 0 spiro atoms. The molecule has 1 aliphatic carbocycles. The Hall–Kier alpha value is -0.730. The van der Waals surface area contributed by atoms with Crippen molar-refractivity contribution >= 4 is 29.0 Å². The molecule has 0 N–H and O–H groups in total. The highest BCUT2D eigenvalue weighted by molar-refractivity contribution is 6.36. The van der Waals surface area contributed by atoms with E-state index in [4.69, 9.17) is 27.9 Å². The number of ketones is 1. The van der Waals surface area contributed by atoms with Gasteiger partial charge in [-0.05, 0) is 25.0 Å². The van der Waals surface area contributed by atoms with E-state index in [0.29, 0.717) is 21.4 Å². The molecule has 0 amide bonds. The van der Waals surface area contributed by atoms with Crippen molar-refractivity contribution in [2.75, 3.05) is 7.11 Å². The molecular weight excluding hydrogens is 271 g/mol. The van der Waals surface area contributed by atoms with E-state index in [1.54, 1.807) is 12.1 Å². The molecule has 1 aliphatic rings. The smallest absolute Gasteiger partial charge is 0.169 e. The van der Waals surface area contributed by atoms with Crippen molar-refractivity contribution in [1.82, 2.24) is 0 Å². The van der Waals surface area contributed by atoms with Gasteiger partial charge in [0.05, 0.1) is 17.7 Å². The topological polar surface area (TPSA) is 26.3 Å². The first-order valence-electron chi connectivity index (χ1n) is 6.20. The van der Waals surface area contributed by atoms with Crippen LogP contribution in [0.4, 0.5) is 0 Å². The molecule has 0 heterocycles. The molecule has 1 fully saturated rings. The molecule has 0 saturated heterocycles. The van der Waals surface area contributed by atoms with Crippen molar-refractivity contribution in [1.29, 1.82) is 0 Å². The van der Waals surface area contributed by atoms with E-state index in [2.05, 4.69) is 0 Å². The number of Topliss-reactive ketones (excluding diaryl/α,β-unsaturated/α-hetero) is 1. The normalized spacial score (nSPS) is 16.6. The van der Waals surface area contributed by atoms with Crippen LogP contribution in [0.1, 0.15) is 42.5 Å². The van der Waals surface area contributed by atoms with Crippen molar-refractivity contribution in [3.05, 3.63) is 27.7 Å². The van der Waals surface area contributed by atoms with Crippen LogP contribution < -0.4 is 4.74 Å². The summed E-state index contributed by atoms with van der Waals surface area (Å²) in [6.07, 6.45) is 5.36. The van der Waals surface area contributed by atoms with Crippen molar-refractivity contribution in [2.45, 2.75) is 32.1 Å². The van der Waals surface area contributed by atoms with Gasteiger partial charge in [0.2, 0.25) is 0 Å². The van der Waals surface area contributed by atoms with Crippen LogP contribution in [0.5, 0.6) is 5.75 Å². The van der Waals surface area contributed by atoms with E-state index in [0.717, 1.165) is 25.7 Å². The molecule has 2 nitrogen and oxygen atoms in total. The molecule has 2 rings (SSSR count). The lowest BCUT2D eigenvalue weighted by Gasteiger charge is -2.21. The zero-order valence-electron chi connectivity index (χ0n) is 10.3. The monoisotopic (exact) mass is 286 g/mol. The van der Waals surface area contributed by atoms with Gasteiger partial charge in [-0.2, -0.15) is 0 Å². The summed E-state index contributed by atoms with van der Waals surface area (Å²) >= 11 is 12.0. The lowest BCUT2D eigenvalue weighted by atomic mass is 9.83. The molecule has 1 aromatic rings. The molecule has 0 bridgehead atoms. The van der Waals surface area contributed by atoms with E-state index in [1.165, 1.54) is 13.5 Å². The minimum atomic E-state index is 0.0854. The average Bonchev–Trinajstić information content (AvgIpc) is 2.38. The number of halogens is 2. The Morgan fingerprint density at radius 3 is 2.50 bits per heavy atom. The Bertz CT molecular complexity index is 451. The molecule has 0 aromatic heterocycles. The predicted molar refractivity (Wildman–Crippen MR) is 73.9 cm³/mol. The Labute approximate surface area is 117 Å². The number of ether oxygens (including phenoxy) is 1. The lowest BCUT2D eigenvalue weighted by molar-refractivity contribution is 0.0886. The van der Waals surface area contributed by atoms with Crippen LogP contribution in [-0.2, 0) is 0 Å². The number of benzene rings is 1. The van der Waals surface area contributed by atoms with E-state index < -0.39 is 0 Å². The van der Waals surface area contributed by atoms with Crippen LogP contribution in [0.3, 0.4) is 0 Å². The molecule has 18 heavy (non-hydrogen) atoms. The second kappa shape index (κ2) is 5.94. The quantitative estimate of drug-likeness (QED) is 0.749. The Morgan fingerprint density at radius 2 is 1.89 bits per heavy atom. The summed E-state index contributed by atoms with van der Waals surface area (Å²) < 4.78 is 5.23. The third kappa shape index (κ3) is 2.81. The maximum atomic E-state index is 12.5. The zero-order chi connectivity index (χ0) is 13.1. The van der Waals surface area contributed by atoms with Gasteiger partial charge < -0.3 is 4.74 Å². The number of carbonyl (C=O) groups is 1. The Kier molecular flexibility index (Phi) is 4.52. The maximum Gasteiger partial charge on any atom is 0.169 e. The van der Waals surface area contributed by atoms with Crippen LogP contribution in [-0.4, -0.2) is 12.9 Å². The van der Waals surface area contributed by atoms with Gasteiger partial charge in [0.15, 0.2) is 5.78 Å². The molecule has 1 saturated carbocycles. The Balaban J connectivity index is 2.33. The maximum absolute atomic E-state index is 12.5. The summed E-state index contributed by atoms with van der Waals surface area (Å²) in [4.78, 5) is 12.5. The van der Waals surface area contributed by atoms with Gasteiger partial charge in [-0.15, -0.1) is 0 Å². The first-order chi connectivity index (χ1) is 8.63. The van der Waals surface area contributed by atoms with Gasteiger partial charge in [0.25, 0.3) is 0 Å². The van der Waals surface area contributed by atoms with Crippen LogP contribution in [0.15, 0.2) is 12.1 Å².